The molecule has 1 atom stereocenters. The number of sulfonamides is 1. The van der Waals surface area contributed by atoms with Crippen LogP contribution in [0, 0.1) is 5.82 Å². The molecule has 0 aromatic heterocycles. The molecule has 0 aliphatic carbocycles. The Balaban J connectivity index is 2.11. The fourth-order valence-corrected chi connectivity index (χ4v) is 2.81. The van der Waals surface area contributed by atoms with E-state index in [1.165, 1.54) is 19.2 Å². The quantitative estimate of drug-likeness (QED) is 0.735. The van der Waals surface area contributed by atoms with Gasteiger partial charge in [-0.1, -0.05) is 12.1 Å². The first-order chi connectivity index (χ1) is 11.8. The average molecular weight is 366 g/mol. The van der Waals surface area contributed by atoms with Crippen LogP contribution in [0.1, 0.15) is 5.56 Å². The lowest BCUT2D eigenvalue weighted by molar-refractivity contribution is -0.141. The molecule has 0 saturated heterocycles. The molecule has 0 aliphatic rings. The number of carbonyl (C=O) groups excluding carboxylic acids is 1. The number of ether oxygens (including phenoxy) is 1. The lowest BCUT2D eigenvalue weighted by atomic mass is 10.1. The number of anilines is 2. The number of esters is 1. The highest BCUT2D eigenvalue weighted by Gasteiger charge is 2.19. The topological polar surface area (TPSA) is 84.5 Å². The van der Waals surface area contributed by atoms with E-state index < -0.39 is 22.0 Å². The SMILES string of the molecule is COC(=O)[C@@H](Cc1ccc(F)cc1)Nc1ccc(NS(C)(=O)=O)cc1. The van der Waals surface area contributed by atoms with Crippen LogP contribution in [-0.2, 0) is 26.0 Å². The molecule has 0 heterocycles. The van der Waals surface area contributed by atoms with Gasteiger partial charge in [-0.25, -0.2) is 17.6 Å². The average Bonchev–Trinajstić information content (AvgIpc) is 2.56. The summed E-state index contributed by atoms with van der Waals surface area (Å²) < 4.78 is 42.6. The van der Waals surface area contributed by atoms with E-state index >= 15 is 0 Å². The smallest absolute Gasteiger partial charge is 0.328 e. The monoisotopic (exact) mass is 366 g/mol. The Labute approximate surface area is 146 Å². The Bertz CT molecular complexity index is 821. The molecule has 2 N–H and O–H groups in total. The molecule has 134 valence electrons. The van der Waals surface area contributed by atoms with E-state index in [1.807, 2.05) is 0 Å². The number of carbonyl (C=O) groups is 1. The van der Waals surface area contributed by atoms with Crippen LogP contribution in [0.4, 0.5) is 15.8 Å². The largest absolute Gasteiger partial charge is 0.467 e. The van der Waals surface area contributed by atoms with Crippen LogP contribution in [0.3, 0.4) is 0 Å². The molecule has 0 spiro atoms. The molecule has 0 unspecified atom stereocenters. The van der Waals surface area contributed by atoms with Crippen molar-refractivity contribution in [2.24, 2.45) is 0 Å². The zero-order chi connectivity index (χ0) is 18.4. The highest BCUT2D eigenvalue weighted by molar-refractivity contribution is 7.92. The Morgan fingerprint density at radius 3 is 2.16 bits per heavy atom. The van der Waals surface area contributed by atoms with Crippen LogP contribution in [0.15, 0.2) is 48.5 Å². The van der Waals surface area contributed by atoms with Gasteiger partial charge in [-0.15, -0.1) is 0 Å². The predicted octanol–water partition coefficient (Wildman–Crippen LogP) is 2.39. The number of nitrogens with one attached hydrogen (secondary N) is 2. The van der Waals surface area contributed by atoms with Gasteiger partial charge in [0.1, 0.15) is 11.9 Å². The van der Waals surface area contributed by atoms with Crippen molar-refractivity contribution in [3.05, 3.63) is 59.9 Å². The zero-order valence-electron chi connectivity index (χ0n) is 13.8. The van der Waals surface area contributed by atoms with Crippen LogP contribution in [0.2, 0.25) is 0 Å². The van der Waals surface area contributed by atoms with Gasteiger partial charge < -0.3 is 10.1 Å². The highest BCUT2D eigenvalue weighted by Crippen LogP contribution is 2.17. The maximum Gasteiger partial charge on any atom is 0.328 e. The van der Waals surface area contributed by atoms with E-state index in [0.29, 0.717) is 17.8 Å². The second-order valence-electron chi connectivity index (χ2n) is 5.50. The van der Waals surface area contributed by atoms with Crippen LogP contribution in [0.25, 0.3) is 0 Å². The van der Waals surface area contributed by atoms with Gasteiger partial charge in [-0.3, -0.25) is 4.72 Å². The molecule has 0 amide bonds. The maximum atomic E-state index is 13.0. The van der Waals surface area contributed by atoms with E-state index in [0.717, 1.165) is 11.8 Å². The first-order valence-corrected chi connectivity index (χ1v) is 9.32. The van der Waals surface area contributed by atoms with Gasteiger partial charge in [0.2, 0.25) is 10.0 Å². The van der Waals surface area contributed by atoms with Crippen molar-refractivity contribution in [1.82, 2.24) is 0 Å². The molecule has 0 fully saturated rings. The first-order valence-electron chi connectivity index (χ1n) is 7.43. The summed E-state index contributed by atoms with van der Waals surface area (Å²) >= 11 is 0. The highest BCUT2D eigenvalue weighted by atomic mass is 32.2. The van der Waals surface area contributed by atoms with E-state index in [9.17, 15) is 17.6 Å². The Kier molecular flexibility index (Phi) is 5.97. The summed E-state index contributed by atoms with van der Waals surface area (Å²) in [7, 11) is -2.06. The van der Waals surface area contributed by atoms with Crippen molar-refractivity contribution >= 4 is 27.4 Å². The van der Waals surface area contributed by atoms with E-state index in [4.69, 9.17) is 4.74 Å². The Hall–Kier alpha value is -2.61. The van der Waals surface area contributed by atoms with Crippen LogP contribution in [0.5, 0.6) is 0 Å². The van der Waals surface area contributed by atoms with Crippen molar-refractivity contribution < 1.29 is 22.3 Å². The summed E-state index contributed by atoms with van der Waals surface area (Å²) in [5.41, 5.74) is 1.82. The van der Waals surface area contributed by atoms with Crippen LogP contribution >= 0.6 is 0 Å². The molecular formula is C17H19FN2O4S. The minimum atomic E-state index is -3.35. The van der Waals surface area contributed by atoms with E-state index in [2.05, 4.69) is 10.0 Å². The van der Waals surface area contributed by atoms with Gasteiger partial charge in [-0.05, 0) is 42.0 Å². The predicted molar refractivity (Wildman–Crippen MR) is 94.4 cm³/mol. The van der Waals surface area contributed by atoms with Gasteiger partial charge in [0, 0.05) is 17.8 Å². The minimum Gasteiger partial charge on any atom is -0.467 e. The maximum absolute atomic E-state index is 13.0. The fourth-order valence-electron chi connectivity index (χ4n) is 2.24. The molecule has 2 rings (SSSR count). The molecule has 0 bridgehead atoms. The summed E-state index contributed by atoms with van der Waals surface area (Å²) in [6.45, 7) is 0. The summed E-state index contributed by atoms with van der Waals surface area (Å²) in [5, 5.41) is 3.04. The Morgan fingerprint density at radius 2 is 1.64 bits per heavy atom. The zero-order valence-corrected chi connectivity index (χ0v) is 14.6. The van der Waals surface area contributed by atoms with E-state index in [-0.39, 0.29) is 5.82 Å². The molecule has 0 radical (unpaired) electrons. The number of hydrogen-bond donors (Lipinski definition) is 2. The second-order valence-corrected chi connectivity index (χ2v) is 7.25. The molecule has 2 aromatic rings. The lowest BCUT2D eigenvalue weighted by Gasteiger charge is -2.18. The normalized spacial score (nSPS) is 12.3. The van der Waals surface area contributed by atoms with Gasteiger partial charge in [0.25, 0.3) is 0 Å². The molecular weight excluding hydrogens is 347 g/mol. The van der Waals surface area contributed by atoms with Crippen molar-refractivity contribution in [2.75, 3.05) is 23.4 Å². The van der Waals surface area contributed by atoms with Crippen LogP contribution < -0.4 is 10.0 Å². The molecule has 6 nitrogen and oxygen atoms in total. The number of benzene rings is 2. The van der Waals surface area contributed by atoms with Gasteiger partial charge in [-0.2, -0.15) is 0 Å². The number of hydrogen-bond acceptors (Lipinski definition) is 5. The number of halogens is 1. The van der Waals surface area contributed by atoms with Gasteiger partial charge >= 0.3 is 5.97 Å². The molecule has 2 aromatic carbocycles. The first kappa shape index (κ1) is 18.7. The molecule has 0 saturated carbocycles. The van der Waals surface area contributed by atoms with Crippen LogP contribution in [-0.4, -0.2) is 33.8 Å². The number of methoxy groups -OCH3 is 1. The molecule has 0 aliphatic heterocycles. The molecule has 25 heavy (non-hydrogen) atoms. The minimum absolute atomic E-state index is 0.316. The third-order valence-corrected chi connectivity index (χ3v) is 3.97. The van der Waals surface area contributed by atoms with Crippen molar-refractivity contribution in [3.63, 3.8) is 0 Å². The summed E-state index contributed by atoms with van der Waals surface area (Å²) in [6, 6.07) is 11.7. The fraction of sp³-hybridized carbons (Fsp3) is 0.235. The standard InChI is InChI=1S/C17H19FN2O4S/c1-24-17(21)16(11-12-3-5-13(18)6-4-12)19-14-7-9-15(10-8-14)20-25(2,22)23/h3-10,16,19-20H,11H2,1-2H3/t16-/m1/s1. The summed E-state index contributed by atoms with van der Waals surface area (Å²) in [4.78, 5) is 12.0. The summed E-state index contributed by atoms with van der Waals surface area (Å²) in [6.07, 6.45) is 1.38. The Morgan fingerprint density at radius 1 is 1.08 bits per heavy atom. The lowest BCUT2D eigenvalue weighted by Crippen LogP contribution is -2.32. The second kappa shape index (κ2) is 7.98. The van der Waals surface area contributed by atoms with E-state index in [1.54, 1.807) is 36.4 Å². The summed E-state index contributed by atoms with van der Waals surface area (Å²) in [5.74, 6) is -0.803. The van der Waals surface area contributed by atoms with Crippen molar-refractivity contribution in [1.29, 1.82) is 0 Å². The third kappa shape index (κ3) is 6.07. The third-order valence-electron chi connectivity index (χ3n) is 3.37. The van der Waals surface area contributed by atoms with Crippen molar-refractivity contribution in [2.45, 2.75) is 12.5 Å². The van der Waals surface area contributed by atoms with Crippen molar-refractivity contribution in [3.8, 4) is 0 Å². The van der Waals surface area contributed by atoms with Gasteiger partial charge in [0.15, 0.2) is 0 Å². The van der Waals surface area contributed by atoms with Gasteiger partial charge in [0.05, 0.1) is 13.4 Å². The number of rotatable bonds is 7. The molecule has 8 heteroatoms.